The second kappa shape index (κ2) is 10.0. The Balaban J connectivity index is 1.21. The molecule has 1 saturated carbocycles. The lowest BCUT2D eigenvalue weighted by atomic mass is 9.93. The van der Waals surface area contributed by atoms with E-state index in [1.807, 2.05) is 48.5 Å². The topological polar surface area (TPSA) is 88.6 Å². The van der Waals surface area contributed by atoms with Crippen LogP contribution < -0.4 is 20.3 Å². The quantitative estimate of drug-likeness (QED) is 0.615. The molecule has 5 rings (SSSR count). The van der Waals surface area contributed by atoms with Crippen molar-refractivity contribution >= 4 is 28.4 Å². The van der Waals surface area contributed by atoms with Crippen molar-refractivity contribution in [1.29, 1.82) is 0 Å². The number of hydrogen-bond acceptors (Lipinski definition) is 6. The van der Waals surface area contributed by atoms with Crippen LogP contribution in [-0.2, 0) is 4.74 Å². The van der Waals surface area contributed by atoms with Crippen LogP contribution in [0.25, 0.3) is 10.9 Å². The van der Waals surface area contributed by atoms with Crippen LogP contribution in [0.2, 0.25) is 0 Å². The van der Waals surface area contributed by atoms with Crippen LogP contribution in [-0.4, -0.2) is 54.4 Å². The predicted molar refractivity (Wildman–Crippen MR) is 128 cm³/mol. The molecule has 172 valence electrons. The Morgan fingerprint density at radius 2 is 1.82 bits per heavy atom. The molecule has 1 aromatic carbocycles. The van der Waals surface area contributed by atoms with E-state index in [1.165, 1.54) is 0 Å². The molecule has 1 saturated heterocycles. The second-order valence-corrected chi connectivity index (χ2v) is 8.51. The summed E-state index contributed by atoms with van der Waals surface area (Å²) in [4.78, 5) is 23.9. The number of carbonyl (C=O) groups excluding carboxylic acids is 1. The van der Waals surface area contributed by atoms with Crippen LogP contribution in [0.15, 0.2) is 54.7 Å². The molecule has 33 heavy (non-hydrogen) atoms. The van der Waals surface area contributed by atoms with Crippen molar-refractivity contribution in [3.8, 4) is 5.88 Å². The number of benzene rings is 1. The molecule has 2 N–H and O–H groups in total. The van der Waals surface area contributed by atoms with Gasteiger partial charge < -0.3 is 25.0 Å². The zero-order valence-corrected chi connectivity index (χ0v) is 18.6. The lowest BCUT2D eigenvalue weighted by Crippen LogP contribution is -2.41. The SMILES string of the molecule is O=C(Nc1ccccc1)NC1CCC(Oc2nc(N3CCOCC3)cc3ncccc23)CC1. The average molecular weight is 448 g/mol. The molecule has 8 nitrogen and oxygen atoms in total. The number of anilines is 2. The zero-order chi connectivity index (χ0) is 22.5. The monoisotopic (exact) mass is 447 g/mol. The first-order chi connectivity index (χ1) is 16.2. The Bertz CT molecular complexity index is 1080. The summed E-state index contributed by atoms with van der Waals surface area (Å²) in [7, 11) is 0. The number of urea groups is 1. The number of amides is 2. The Morgan fingerprint density at radius 1 is 1.03 bits per heavy atom. The molecule has 3 heterocycles. The summed E-state index contributed by atoms with van der Waals surface area (Å²) >= 11 is 0. The van der Waals surface area contributed by atoms with E-state index in [1.54, 1.807) is 6.20 Å². The van der Waals surface area contributed by atoms with Gasteiger partial charge in [-0.05, 0) is 49.9 Å². The molecule has 3 aromatic rings. The number of carbonyl (C=O) groups is 1. The third-order valence-electron chi connectivity index (χ3n) is 6.21. The second-order valence-electron chi connectivity index (χ2n) is 8.51. The van der Waals surface area contributed by atoms with Crippen LogP contribution >= 0.6 is 0 Å². The van der Waals surface area contributed by atoms with Gasteiger partial charge in [0.2, 0.25) is 5.88 Å². The molecule has 8 heteroatoms. The highest BCUT2D eigenvalue weighted by Gasteiger charge is 2.25. The summed E-state index contributed by atoms with van der Waals surface area (Å²) in [6, 6.07) is 15.4. The van der Waals surface area contributed by atoms with Crippen LogP contribution in [0.1, 0.15) is 25.7 Å². The van der Waals surface area contributed by atoms with Crippen LogP contribution in [0.3, 0.4) is 0 Å². The fourth-order valence-corrected chi connectivity index (χ4v) is 4.43. The molecule has 2 aromatic heterocycles. The number of nitrogens with one attached hydrogen (secondary N) is 2. The van der Waals surface area contributed by atoms with E-state index in [4.69, 9.17) is 14.5 Å². The molecule has 2 aliphatic rings. The summed E-state index contributed by atoms with van der Waals surface area (Å²) < 4.78 is 11.9. The molecular formula is C25H29N5O3. The highest BCUT2D eigenvalue weighted by Crippen LogP contribution is 2.31. The van der Waals surface area contributed by atoms with Gasteiger partial charge in [-0.25, -0.2) is 4.79 Å². The first-order valence-corrected chi connectivity index (χ1v) is 11.6. The maximum Gasteiger partial charge on any atom is 0.319 e. The molecule has 2 fully saturated rings. The fourth-order valence-electron chi connectivity index (χ4n) is 4.43. The number of pyridine rings is 2. The standard InChI is InChI=1S/C25H29N5O3/c31-25(27-18-5-2-1-3-6-18)28-19-8-10-20(11-9-19)33-24-21-7-4-12-26-22(21)17-23(29-24)30-13-15-32-16-14-30/h1-7,12,17,19-20H,8-11,13-16H2,(H2,27,28,31). The van der Waals surface area contributed by atoms with E-state index in [9.17, 15) is 4.79 Å². The first-order valence-electron chi connectivity index (χ1n) is 11.6. The number of fused-ring (bicyclic) bond motifs is 1. The van der Waals surface area contributed by atoms with Gasteiger partial charge in [-0.2, -0.15) is 4.98 Å². The summed E-state index contributed by atoms with van der Waals surface area (Å²) in [5.41, 5.74) is 1.68. The Labute approximate surface area is 193 Å². The van der Waals surface area contributed by atoms with Gasteiger partial charge in [-0.15, -0.1) is 0 Å². The van der Waals surface area contributed by atoms with Crippen molar-refractivity contribution in [2.75, 3.05) is 36.5 Å². The number of hydrogen-bond donors (Lipinski definition) is 2. The van der Waals surface area contributed by atoms with Gasteiger partial charge >= 0.3 is 6.03 Å². The largest absolute Gasteiger partial charge is 0.474 e. The van der Waals surface area contributed by atoms with Gasteiger partial charge in [0.15, 0.2) is 0 Å². The van der Waals surface area contributed by atoms with E-state index in [-0.39, 0.29) is 18.2 Å². The van der Waals surface area contributed by atoms with Gasteiger partial charge in [-0.1, -0.05) is 18.2 Å². The van der Waals surface area contributed by atoms with E-state index in [0.29, 0.717) is 19.1 Å². The Morgan fingerprint density at radius 3 is 2.61 bits per heavy atom. The van der Waals surface area contributed by atoms with Crippen LogP contribution in [0.5, 0.6) is 5.88 Å². The van der Waals surface area contributed by atoms with E-state index in [2.05, 4.69) is 20.5 Å². The molecule has 0 radical (unpaired) electrons. The lowest BCUT2D eigenvalue weighted by molar-refractivity contribution is 0.121. The average Bonchev–Trinajstić information content (AvgIpc) is 2.86. The van der Waals surface area contributed by atoms with Crippen molar-refractivity contribution in [2.24, 2.45) is 0 Å². The Hall–Kier alpha value is -3.39. The van der Waals surface area contributed by atoms with Gasteiger partial charge in [-0.3, -0.25) is 4.98 Å². The van der Waals surface area contributed by atoms with E-state index in [0.717, 1.165) is 61.2 Å². The van der Waals surface area contributed by atoms with Crippen molar-refractivity contribution in [2.45, 2.75) is 37.8 Å². The maximum absolute atomic E-state index is 12.3. The van der Waals surface area contributed by atoms with Crippen molar-refractivity contribution in [3.05, 3.63) is 54.7 Å². The minimum absolute atomic E-state index is 0.0658. The molecule has 2 amide bonds. The summed E-state index contributed by atoms with van der Waals surface area (Å²) in [6.45, 7) is 3.03. The number of morpholine rings is 1. The normalized spacial score (nSPS) is 20.9. The minimum atomic E-state index is -0.164. The molecule has 0 atom stereocenters. The van der Waals surface area contributed by atoms with E-state index < -0.39 is 0 Å². The highest BCUT2D eigenvalue weighted by molar-refractivity contribution is 5.89. The molecule has 1 aliphatic carbocycles. The predicted octanol–water partition coefficient (Wildman–Crippen LogP) is 3.98. The molecule has 1 aliphatic heterocycles. The summed E-state index contributed by atoms with van der Waals surface area (Å²) in [6.07, 6.45) is 5.32. The number of nitrogens with zero attached hydrogens (tertiary/aromatic N) is 3. The fraction of sp³-hybridized carbons (Fsp3) is 0.400. The summed E-state index contributed by atoms with van der Waals surface area (Å²) in [5, 5.41) is 6.90. The Kier molecular flexibility index (Phi) is 6.53. The number of rotatable bonds is 5. The van der Waals surface area contributed by atoms with Gasteiger partial charge in [0.25, 0.3) is 0 Å². The van der Waals surface area contributed by atoms with Crippen molar-refractivity contribution in [1.82, 2.24) is 15.3 Å². The van der Waals surface area contributed by atoms with Gasteiger partial charge in [0.1, 0.15) is 11.9 Å². The van der Waals surface area contributed by atoms with Crippen molar-refractivity contribution in [3.63, 3.8) is 0 Å². The van der Waals surface area contributed by atoms with E-state index >= 15 is 0 Å². The number of para-hydroxylation sites is 1. The first kappa shape index (κ1) is 21.5. The molecule has 0 bridgehead atoms. The minimum Gasteiger partial charge on any atom is -0.474 e. The molecular weight excluding hydrogens is 418 g/mol. The third-order valence-corrected chi connectivity index (χ3v) is 6.21. The van der Waals surface area contributed by atoms with Gasteiger partial charge in [0, 0.05) is 37.1 Å². The third kappa shape index (κ3) is 5.34. The van der Waals surface area contributed by atoms with Crippen LogP contribution in [0.4, 0.5) is 16.3 Å². The number of aromatic nitrogens is 2. The van der Waals surface area contributed by atoms with Crippen LogP contribution in [0, 0.1) is 0 Å². The lowest BCUT2D eigenvalue weighted by Gasteiger charge is -2.31. The van der Waals surface area contributed by atoms with Gasteiger partial charge in [0.05, 0.1) is 24.1 Å². The highest BCUT2D eigenvalue weighted by atomic mass is 16.5. The number of ether oxygens (including phenoxy) is 2. The zero-order valence-electron chi connectivity index (χ0n) is 18.6. The summed E-state index contributed by atoms with van der Waals surface area (Å²) in [5.74, 6) is 1.52. The smallest absolute Gasteiger partial charge is 0.319 e. The molecule has 0 spiro atoms. The van der Waals surface area contributed by atoms with Crippen molar-refractivity contribution < 1.29 is 14.3 Å². The molecule has 0 unspecified atom stereocenters. The maximum atomic E-state index is 12.3.